The van der Waals surface area contributed by atoms with Crippen LogP contribution in [-0.2, 0) is 19.1 Å². The molecule has 0 radical (unpaired) electrons. The first-order valence-corrected chi connectivity index (χ1v) is 8.15. The highest BCUT2D eigenvalue weighted by molar-refractivity contribution is 9.09. The summed E-state index contributed by atoms with van der Waals surface area (Å²) in [7, 11) is 0. The van der Waals surface area contributed by atoms with Crippen LogP contribution in [0.1, 0.15) is 47.0 Å². The largest absolute Gasteiger partial charge is 0.462 e. The highest BCUT2D eigenvalue weighted by atomic mass is 79.9. The van der Waals surface area contributed by atoms with Gasteiger partial charge in [0.05, 0.1) is 0 Å². The SMILES string of the molecule is CC(=O)OC/C=C(\C)CC(CC/C=C(\C)CBr)OC(C)=O. The summed E-state index contributed by atoms with van der Waals surface area (Å²) >= 11 is 3.40. The molecule has 0 heterocycles. The molecule has 0 fully saturated rings. The summed E-state index contributed by atoms with van der Waals surface area (Å²) in [5.41, 5.74) is 2.31. The molecule has 120 valence electrons. The van der Waals surface area contributed by atoms with Gasteiger partial charge < -0.3 is 9.47 Å². The summed E-state index contributed by atoms with van der Waals surface area (Å²) in [5.74, 6) is -0.569. The van der Waals surface area contributed by atoms with Gasteiger partial charge in [-0.2, -0.15) is 0 Å². The molecule has 0 amide bonds. The van der Waals surface area contributed by atoms with E-state index in [1.807, 2.05) is 13.0 Å². The first-order valence-electron chi connectivity index (χ1n) is 7.03. The monoisotopic (exact) mass is 360 g/mol. The molecule has 0 aliphatic rings. The van der Waals surface area contributed by atoms with Crippen molar-refractivity contribution in [3.8, 4) is 0 Å². The molecule has 0 bridgehead atoms. The highest BCUT2D eigenvalue weighted by Gasteiger charge is 2.12. The summed E-state index contributed by atoms with van der Waals surface area (Å²) in [6, 6.07) is 0. The number of carbonyl (C=O) groups excluding carboxylic acids is 2. The van der Waals surface area contributed by atoms with E-state index in [4.69, 9.17) is 9.47 Å². The molecule has 0 aromatic rings. The smallest absolute Gasteiger partial charge is 0.302 e. The standard InChI is InChI=1S/C16H25BrO4/c1-12(8-9-20-14(3)18)10-16(21-15(4)19)7-5-6-13(2)11-17/h6,8,16H,5,7,9-11H2,1-4H3/b12-8+,13-6+. The number of hydrogen-bond acceptors (Lipinski definition) is 4. The molecule has 1 unspecified atom stereocenters. The van der Waals surface area contributed by atoms with Gasteiger partial charge in [-0.1, -0.05) is 33.2 Å². The lowest BCUT2D eigenvalue weighted by atomic mass is 10.0. The van der Waals surface area contributed by atoms with Crippen molar-refractivity contribution in [1.29, 1.82) is 0 Å². The summed E-state index contributed by atoms with van der Waals surface area (Å²) in [5, 5.41) is 0.854. The number of allylic oxidation sites excluding steroid dienone is 2. The van der Waals surface area contributed by atoms with Crippen LogP contribution in [-0.4, -0.2) is 30.0 Å². The minimum absolute atomic E-state index is 0.143. The molecule has 0 aliphatic heterocycles. The Bertz CT molecular complexity index is 399. The van der Waals surface area contributed by atoms with Gasteiger partial charge in [-0.3, -0.25) is 9.59 Å². The molecule has 0 aromatic heterocycles. The summed E-state index contributed by atoms with van der Waals surface area (Å²) in [4.78, 5) is 21.9. The Kier molecular flexibility index (Phi) is 10.9. The molecule has 1 atom stereocenters. The first kappa shape index (κ1) is 19.9. The molecular weight excluding hydrogens is 336 g/mol. The van der Waals surface area contributed by atoms with Crippen LogP contribution in [0.15, 0.2) is 23.3 Å². The lowest BCUT2D eigenvalue weighted by Crippen LogP contribution is -2.16. The molecule has 21 heavy (non-hydrogen) atoms. The van der Waals surface area contributed by atoms with Crippen molar-refractivity contribution in [2.24, 2.45) is 0 Å². The first-order chi connectivity index (χ1) is 9.85. The number of ether oxygens (including phenoxy) is 2. The Morgan fingerprint density at radius 3 is 2.24 bits per heavy atom. The molecule has 4 nitrogen and oxygen atoms in total. The van der Waals surface area contributed by atoms with E-state index in [1.54, 1.807) is 0 Å². The van der Waals surface area contributed by atoms with Crippen molar-refractivity contribution in [2.75, 3.05) is 11.9 Å². The zero-order valence-corrected chi connectivity index (χ0v) is 14.9. The predicted molar refractivity (Wildman–Crippen MR) is 87.3 cm³/mol. The van der Waals surface area contributed by atoms with Gasteiger partial charge in [0.25, 0.3) is 0 Å². The third-order valence-corrected chi connectivity index (χ3v) is 3.68. The van der Waals surface area contributed by atoms with Gasteiger partial charge >= 0.3 is 11.9 Å². The lowest BCUT2D eigenvalue weighted by molar-refractivity contribution is -0.146. The van der Waals surface area contributed by atoms with E-state index in [2.05, 4.69) is 28.9 Å². The maximum Gasteiger partial charge on any atom is 0.302 e. The molecule has 0 aliphatic carbocycles. The third-order valence-electron chi connectivity index (χ3n) is 2.79. The number of rotatable bonds is 9. The fourth-order valence-electron chi connectivity index (χ4n) is 1.75. The Morgan fingerprint density at radius 2 is 1.71 bits per heavy atom. The number of hydrogen-bond donors (Lipinski definition) is 0. The van der Waals surface area contributed by atoms with Crippen molar-refractivity contribution >= 4 is 27.9 Å². The average Bonchev–Trinajstić information content (AvgIpc) is 2.37. The zero-order chi connectivity index (χ0) is 16.3. The Hall–Kier alpha value is -1.10. The van der Waals surface area contributed by atoms with E-state index >= 15 is 0 Å². The quantitative estimate of drug-likeness (QED) is 0.355. The van der Waals surface area contributed by atoms with Crippen LogP contribution in [0, 0.1) is 0 Å². The van der Waals surface area contributed by atoms with Crippen molar-refractivity contribution < 1.29 is 19.1 Å². The van der Waals surface area contributed by atoms with Crippen LogP contribution in [0.3, 0.4) is 0 Å². The normalized spacial score (nSPS) is 13.8. The minimum atomic E-state index is -0.300. The van der Waals surface area contributed by atoms with Crippen molar-refractivity contribution in [3.63, 3.8) is 0 Å². The maximum absolute atomic E-state index is 11.2. The van der Waals surface area contributed by atoms with Crippen molar-refractivity contribution in [3.05, 3.63) is 23.3 Å². The van der Waals surface area contributed by atoms with E-state index in [9.17, 15) is 9.59 Å². The van der Waals surface area contributed by atoms with Gasteiger partial charge in [0.1, 0.15) is 12.7 Å². The van der Waals surface area contributed by atoms with Crippen LogP contribution < -0.4 is 0 Å². The van der Waals surface area contributed by atoms with E-state index in [0.717, 1.165) is 23.7 Å². The van der Waals surface area contributed by atoms with Crippen molar-refractivity contribution in [1.82, 2.24) is 0 Å². The second kappa shape index (κ2) is 11.5. The maximum atomic E-state index is 11.2. The van der Waals surface area contributed by atoms with Crippen LogP contribution in [0.2, 0.25) is 0 Å². The third kappa shape index (κ3) is 12.4. The van der Waals surface area contributed by atoms with Gasteiger partial charge in [0, 0.05) is 25.6 Å². The van der Waals surface area contributed by atoms with Gasteiger partial charge in [-0.15, -0.1) is 0 Å². The van der Waals surface area contributed by atoms with Crippen molar-refractivity contribution in [2.45, 2.75) is 53.1 Å². The molecule has 0 saturated heterocycles. The molecule has 0 N–H and O–H groups in total. The molecule has 0 spiro atoms. The fraction of sp³-hybridized carbons (Fsp3) is 0.625. The average molecular weight is 361 g/mol. The van der Waals surface area contributed by atoms with Crippen LogP contribution in [0.5, 0.6) is 0 Å². The lowest BCUT2D eigenvalue weighted by Gasteiger charge is -2.17. The Balaban J connectivity index is 4.40. The van der Waals surface area contributed by atoms with E-state index in [1.165, 1.54) is 19.4 Å². The minimum Gasteiger partial charge on any atom is -0.462 e. The van der Waals surface area contributed by atoms with Gasteiger partial charge in [0.15, 0.2) is 0 Å². The number of alkyl halides is 1. The number of halogens is 1. The van der Waals surface area contributed by atoms with Crippen LogP contribution in [0.25, 0.3) is 0 Å². The number of esters is 2. The predicted octanol–water partition coefficient (Wildman–Crippen LogP) is 3.94. The van der Waals surface area contributed by atoms with Gasteiger partial charge in [-0.05, 0) is 32.8 Å². The Labute approximate surface area is 135 Å². The summed E-state index contributed by atoms with van der Waals surface area (Å²) < 4.78 is 10.2. The van der Waals surface area contributed by atoms with E-state index < -0.39 is 0 Å². The summed E-state index contributed by atoms with van der Waals surface area (Å²) in [6.07, 6.45) is 6.15. The molecule has 0 aromatic carbocycles. The Morgan fingerprint density at radius 1 is 1.05 bits per heavy atom. The zero-order valence-electron chi connectivity index (χ0n) is 13.3. The summed E-state index contributed by atoms with van der Waals surface area (Å²) in [6.45, 7) is 7.06. The molecule has 5 heteroatoms. The fourth-order valence-corrected chi connectivity index (χ4v) is 1.98. The second-order valence-corrected chi connectivity index (χ2v) is 5.61. The van der Waals surface area contributed by atoms with Crippen LogP contribution >= 0.6 is 15.9 Å². The topological polar surface area (TPSA) is 52.6 Å². The molecular formula is C16H25BrO4. The van der Waals surface area contributed by atoms with Gasteiger partial charge in [-0.25, -0.2) is 0 Å². The highest BCUT2D eigenvalue weighted by Crippen LogP contribution is 2.15. The molecule has 0 rings (SSSR count). The van der Waals surface area contributed by atoms with E-state index in [0.29, 0.717) is 6.42 Å². The number of carbonyl (C=O) groups is 2. The van der Waals surface area contributed by atoms with E-state index in [-0.39, 0.29) is 24.6 Å². The molecule has 0 saturated carbocycles. The second-order valence-electron chi connectivity index (χ2n) is 5.05. The van der Waals surface area contributed by atoms with Gasteiger partial charge in [0.2, 0.25) is 0 Å². The van der Waals surface area contributed by atoms with Crippen LogP contribution in [0.4, 0.5) is 0 Å².